The van der Waals surface area contributed by atoms with Crippen LogP contribution < -0.4 is 5.32 Å². The number of aryl methyl sites for hydroxylation is 2. The molecule has 130 valence electrons. The van der Waals surface area contributed by atoms with Crippen molar-refractivity contribution in [3.8, 4) is 11.5 Å². The molecule has 3 aromatic rings. The Morgan fingerprint density at radius 2 is 2.00 bits per heavy atom. The third-order valence-electron chi connectivity index (χ3n) is 4.63. The van der Waals surface area contributed by atoms with Gasteiger partial charge in [0.25, 0.3) is 5.89 Å². The van der Waals surface area contributed by atoms with E-state index in [-0.39, 0.29) is 11.9 Å². The van der Waals surface area contributed by atoms with Crippen LogP contribution in [-0.2, 0) is 0 Å². The second-order valence-corrected chi connectivity index (χ2v) is 6.37. The predicted octanol–water partition coefficient (Wildman–Crippen LogP) is 2.01. The van der Waals surface area contributed by atoms with Crippen LogP contribution in [0.5, 0.6) is 0 Å². The first-order valence-corrected chi connectivity index (χ1v) is 8.22. The van der Waals surface area contributed by atoms with Gasteiger partial charge in [-0.3, -0.25) is 4.90 Å². The average molecular weight is 342 g/mol. The summed E-state index contributed by atoms with van der Waals surface area (Å²) in [6.07, 6.45) is 0. The van der Waals surface area contributed by atoms with Crippen molar-refractivity contribution in [1.82, 2.24) is 30.3 Å². The van der Waals surface area contributed by atoms with Crippen molar-refractivity contribution in [2.24, 2.45) is 0 Å². The van der Waals surface area contributed by atoms with Crippen LogP contribution in [0.2, 0.25) is 0 Å². The van der Waals surface area contributed by atoms with E-state index in [0.717, 1.165) is 31.0 Å². The minimum Gasteiger partial charge on any atom is -0.334 e. The van der Waals surface area contributed by atoms with E-state index in [1.54, 1.807) is 0 Å². The Bertz CT molecular complexity index is 940. The van der Waals surface area contributed by atoms with Crippen LogP contribution in [0.25, 0.3) is 22.5 Å². The molecule has 25 heavy (non-hydrogen) atoms. The van der Waals surface area contributed by atoms with E-state index in [1.807, 2.05) is 20.9 Å². The van der Waals surface area contributed by atoms with Crippen LogP contribution in [0.1, 0.15) is 23.3 Å². The molecule has 1 aliphatic rings. The van der Waals surface area contributed by atoms with Crippen molar-refractivity contribution in [1.29, 1.82) is 0 Å². The van der Waals surface area contributed by atoms with E-state index in [2.05, 4.69) is 30.3 Å². The first-order chi connectivity index (χ1) is 12.0. The highest BCUT2D eigenvalue weighted by atomic mass is 19.1. The summed E-state index contributed by atoms with van der Waals surface area (Å²) >= 11 is 0. The van der Waals surface area contributed by atoms with Gasteiger partial charge < -0.3 is 9.84 Å². The van der Waals surface area contributed by atoms with Crippen molar-refractivity contribution in [3.63, 3.8) is 0 Å². The molecule has 1 aliphatic heterocycles. The van der Waals surface area contributed by atoms with Gasteiger partial charge in [-0.05, 0) is 27.0 Å². The summed E-state index contributed by atoms with van der Waals surface area (Å²) in [4.78, 5) is 15.6. The zero-order valence-corrected chi connectivity index (χ0v) is 14.4. The summed E-state index contributed by atoms with van der Waals surface area (Å²) in [6, 6.07) is 2.77. The number of nitrogens with one attached hydrogen (secondary N) is 1. The number of fused-ring (bicyclic) bond motifs is 1. The highest BCUT2D eigenvalue weighted by Crippen LogP contribution is 2.29. The maximum absolute atomic E-state index is 14.1. The second kappa shape index (κ2) is 6.12. The van der Waals surface area contributed by atoms with Gasteiger partial charge in [0.15, 0.2) is 5.82 Å². The number of rotatable bonds is 2. The van der Waals surface area contributed by atoms with Gasteiger partial charge in [-0.25, -0.2) is 14.4 Å². The van der Waals surface area contributed by atoms with Gasteiger partial charge in [0.05, 0.1) is 28.5 Å². The summed E-state index contributed by atoms with van der Waals surface area (Å²) in [5, 5.41) is 7.42. The molecule has 1 aromatic carbocycles. The zero-order valence-electron chi connectivity index (χ0n) is 14.4. The molecule has 7 nitrogen and oxygen atoms in total. The van der Waals surface area contributed by atoms with E-state index in [9.17, 15) is 4.39 Å². The fraction of sp³-hybridized carbons (Fsp3) is 0.412. The summed E-state index contributed by atoms with van der Waals surface area (Å²) in [6.45, 7) is 6.30. The Balaban J connectivity index is 1.81. The molecule has 3 heterocycles. The van der Waals surface area contributed by atoms with Gasteiger partial charge in [0, 0.05) is 25.7 Å². The number of aromatic nitrogens is 4. The van der Waals surface area contributed by atoms with Crippen LogP contribution in [0.4, 0.5) is 4.39 Å². The molecule has 1 fully saturated rings. The lowest BCUT2D eigenvalue weighted by Crippen LogP contribution is -2.44. The fourth-order valence-electron chi connectivity index (χ4n) is 3.03. The molecule has 4 rings (SSSR count). The van der Waals surface area contributed by atoms with Crippen molar-refractivity contribution < 1.29 is 8.91 Å². The standard InChI is InChI=1S/C17H19FN6O/c1-9-10(2)21-15-12(6-11(18)7-13(15)20-9)17-22-16(23-25-17)14-8-19-4-5-24(14)3/h6-7,14,19H,4-5,8H2,1-3H3. The SMILES string of the molecule is Cc1nc2cc(F)cc(-c3nc(C4CNCCN4C)no3)c2nc1C. The first kappa shape index (κ1) is 16.0. The maximum atomic E-state index is 14.1. The molecule has 2 aromatic heterocycles. The Labute approximate surface area is 144 Å². The van der Waals surface area contributed by atoms with Crippen molar-refractivity contribution in [2.45, 2.75) is 19.9 Å². The average Bonchev–Trinajstić information content (AvgIpc) is 3.06. The Morgan fingerprint density at radius 1 is 1.20 bits per heavy atom. The number of hydrogen-bond donors (Lipinski definition) is 1. The minimum absolute atomic E-state index is 0.0288. The third-order valence-corrected chi connectivity index (χ3v) is 4.63. The monoisotopic (exact) mass is 342 g/mol. The second-order valence-electron chi connectivity index (χ2n) is 6.37. The lowest BCUT2D eigenvalue weighted by atomic mass is 10.1. The van der Waals surface area contributed by atoms with E-state index >= 15 is 0 Å². The largest absolute Gasteiger partial charge is 0.334 e. The van der Waals surface area contributed by atoms with Gasteiger partial charge in [0.2, 0.25) is 0 Å². The number of nitrogens with zero attached hydrogens (tertiary/aromatic N) is 5. The van der Waals surface area contributed by atoms with Crippen LogP contribution in [-0.4, -0.2) is 51.7 Å². The summed E-state index contributed by atoms with van der Waals surface area (Å²) < 4.78 is 19.5. The molecule has 0 saturated carbocycles. The van der Waals surface area contributed by atoms with Gasteiger partial charge in [-0.2, -0.15) is 4.98 Å². The molecule has 1 N–H and O–H groups in total. The Kier molecular flexibility index (Phi) is 3.93. The van der Waals surface area contributed by atoms with Gasteiger partial charge in [-0.1, -0.05) is 5.16 Å². The van der Waals surface area contributed by atoms with E-state index in [0.29, 0.717) is 22.4 Å². The molecule has 1 atom stereocenters. The van der Waals surface area contributed by atoms with Gasteiger partial charge >= 0.3 is 0 Å². The van der Waals surface area contributed by atoms with E-state index in [1.165, 1.54) is 12.1 Å². The predicted molar refractivity (Wildman–Crippen MR) is 90.5 cm³/mol. The van der Waals surface area contributed by atoms with Crippen LogP contribution in [0, 0.1) is 19.7 Å². The van der Waals surface area contributed by atoms with Crippen molar-refractivity contribution in [3.05, 3.63) is 35.2 Å². The Morgan fingerprint density at radius 3 is 2.80 bits per heavy atom. The molecule has 0 spiro atoms. The van der Waals surface area contributed by atoms with Crippen molar-refractivity contribution in [2.75, 3.05) is 26.7 Å². The molecule has 0 aliphatic carbocycles. The van der Waals surface area contributed by atoms with Crippen LogP contribution in [0.15, 0.2) is 16.7 Å². The maximum Gasteiger partial charge on any atom is 0.260 e. The number of hydrogen-bond acceptors (Lipinski definition) is 7. The molecule has 1 saturated heterocycles. The first-order valence-electron chi connectivity index (χ1n) is 8.22. The van der Waals surface area contributed by atoms with Crippen LogP contribution >= 0.6 is 0 Å². The fourth-order valence-corrected chi connectivity index (χ4v) is 3.03. The lowest BCUT2D eigenvalue weighted by molar-refractivity contribution is 0.190. The highest BCUT2D eigenvalue weighted by molar-refractivity contribution is 5.89. The highest BCUT2D eigenvalue weighted by Gasteiger charge is 2.26. The van der Waals surface area contributed by atoms with Crippen molar-refractivity contribution >= 4 is 11.0 Å². The molecule has 0 amide bonds. The number of halogens is 1. The smallest absolute Gasteiger partial charge is 0.260 e. The normalized spacial score (nSPS) is 18.8. The molecule has 0 bridgehead atoms. The summed E-state index contributed by atoms with van der Waals surface area (Å²) in [5.74, 6) is 0.436. The minimum atomic E-state index is -0.406. The number of piperazine rings is 1. The zero-order chi connectivity index (χ0) is 17.6. The third kappa shape index (κ3) is 2.87. The van der Waals surface area contributed by atoms with E-state index < -0.39 is 5.82 Å². The Hall–Kier alpha value is -2.45. The molecular weight excluding hydrogens is 323 g/mol. The molecule has 8 heteroatoms. The number of benzene rings is 1. The van der Waals surface area contributed by atoms with E-state index in [4.69, 9.17) is 4.52 Å². The van der Waals surface area contributed by atoms with Gasteiger partial charge in [0.1, 0.15) is 11.3 Å². The molecule has 0 radical (unpaired) electrons. The van der Waals surface area contributed by atoms with Gasteiger partial charge in [-0.15, -0.1) is 0 Å². The molecule has 1 unspecified atom stereocenters. The van der Waals surface area contributed by atoms with Crippen LogP contribution in [0.3, 0.4) is 0 Å². The number of likely N-dealkylation sites (N-methyl/N-ethyl adjacent to an activating group) is 1. The topological polar surface area (TPSA) is 80.0 Å². The summed E-state index contributed by atoms with van der Waals surface area (Å²) in [7, 11) is 2.02. The molecular formula is C17H19FN6O. The summed E-state index contributed by atoms with van der Waals surface area (Å²) in [5.41, 5.74) is 3.07. The quantitative estimate of drug-likeness (QED) is 0.763. The lowest BCUT2D eigenvalue weighted by Gasteiger charge is -2.30.